The molecule has 1 heterocycles. The number of rotatable bonds is 1. The van der Waals surface area contributed by atoms with Gasteiger partial charge in [-0.15, -0.1) is 0 Å². The van der Waals surface area contributed by atoms with Gasteiger partial charge in [0.15, 0.2) is 0 Å². The standard InChI is InChI=1S/C8H15N/c1-2-5-8-6-3-4-7-9-8/h5,9H,2-4,6-7H2,1H3. The molecule has 0 aromatic heterocycles. The van der Waals surface area contributed by atoms with E-state index in [1.165, 1.54) is 37.9 Å². The highest BCUT2D eigenvalue weighted by molar-refractivity contribution is 5.00. The maximum Gasteiger partial charge on any atom is 0.0143 e. The van der Waals surface area contributed by atoms with Crippen LogP contribution in [-0.4, -0.2) is 6.54 Å². The molecule has 1 aliphatic rings. The Morgan fingerprint density at radius 1 is 1.56 bits per heavy atom. The molecule has 0 aliphatic carbocycles. The predicted octanol–water partition coefficient (Wildman–Crippen LogP) is 2.05. The molecule has 1 heteroatoms. The van der Waals surface area contributed by atoms with Crippen LogP contribution in [-0.2, 0) is 0 Å². The summed E-state index contributed by atoms with van der Waals surface area (Å²) < 4.78 is 0. The lowest BCUT2D eigenvalue weighted by molar-refractivity contribution is 0.585. The third kappa shape index (κ3) is 2.08. The topological polar surface area (TPSA) is 12.0 Å². The molecule has 52 valence electrons. The Kier molecular flexibility index (Phi) is 2.62. The van der Waals surface area contributed by atoms with Crippen molar-refractivity contribution in [2.45, 2.75) is 32.6 Å². The van der Waals surface area contributed by atoms with Crippen molar-refractivity contribution in [3.63, 3.8) is 0 Å². The molecule has 1 fully saturated rings. The summed E-state index contributed by atoms with van der Waals surface area (Å²) in [5.74, 6) is 0. The lowest BCUT2D eigenvalue weighted by Crippen LogP contribution is -2.19. The van der Waals surface area contributed by atoms with Gasteiger partial charge in [0.1, 0.15) is 0 Å². The van der Waals surface area contributed by atoms with Crippen LogP contribution in [0.3, 0.4) is 0 Å². The maximum absolute atomic E-state index is 3.38. The van der Waals surface area contributed by atoms with Gasteiger partial charge in [0.25, 0.3) is 0 Å². The molecule has 0 amide bonds. The van der Waals surface area contributed by atoms with E-state index in [9.17, 15) is 0 Å². The van der Waals surface area contributed by atoms with Gasteiger partial charge in [-0.2, -0.15) is 0 Å². The van der Waals surface area contributed by atoms with Crippen LogP contribution in [0.15, 0.2) is 11.8 Å². The fraction of sp³-hybridized carbons (Fsp3) is 0.750. The summed E-state index contributed by atoms with van der Waals surface area (Å²) in [5.41, 5.74) is 1.46. The second kappa shape index (κ2) is 3.54. The van der Waals surface area contributed by atoms with Gasteiger partial charge in [-0.1, -0.05) is 13.0 Å². The van der Waals surface area contributed by atoms with E-state index in [0.29, 0.717) is 0 Å². The number of piperidine rings is 1. The minimum atomic E-state index is 1.17. The number of hydrogen-bond acceptors (Lipinski definition) is 1. The average molecular weight is 125 g/mol. The molecular weight excluding hydrogens is 110 g/mol. The van der Waals surface area contributed by atoms with Crippen molar-refractivity contribution in [3.8, 4) is 0 Å². The van der Waals surface area contributed by atoms with E-state index in [1.54, 1.807) is 0 Å². The molecule has 0 unspecified atom stereocenters. The maximum atomic E-state index is 3.38. The van der Waals surface area contributed by atoms with Gasteiger partial charge in [0.05, 0.1) is 0 Å². The Balaban J connectivity index is 2.30. The number of hydrogen-bond donors (Lipinski definition) is 1. The van der Waals surface area contributed by atoms with Crippen LogP contribution in [0.25, 0.3) is 0 Å². The fourth-order valence-corrected chi connectivity index (χ4v) is 1.20. The fourth-order valence-electron chi connectivity index (χ4n) is 1.20. The number of allylic oxidation sites excluding steroid dienone is 2. The Bertz CT molecular complexity index is 97.1. The van der Waals surface area contributed by atoms with Crippen LogP contribution in [0.5, 0.6) is 0 Å². The SMILES string of the molecule is CCC=C1CCCCN1. The molecule has 1 saturated heterocycles. The van der Waals surface area contributed by atoms with E-state index >= 15 is 0 Å². The summed E-state index contributed by atoms with van der Waals surface area (Å²) in [6.45, 7) is 3.37. The van der Waals surface area contributed by atoms with E-state index in [1.807, 2.05) is 0 Å². The van der Waals surface area contributed by atoms with Gasteiger partial charge >= 0.3 is 0 Å². The lowest BCUT2D eigenvalue weighted by atomic mass is 10.1. The Labute approximate surface area is 57.1 Å². The Hall–Kier alpha value is -0.460. The van der Waals surface area contributed by atoms with E-state index < -0.39 is 0 Å². The van der Waals surface area contributed by atoms with Crippen LogP contribution in [0.2, 0.25) is 0 Å². The molecule has 1 rings (SSSR count). The van der Waals surface area contributed by atoms with Crippen LogP contribution in [0, 0.1) is 0 Å². The second-order valence-corrected chi connectivity index (χ2v) is 2.52. The van der Waals surface area contributed by atoms with Crippen molar-refractivity contribution in [1.82, 2.24) is 5.32 Å². The van der Waals surface area contributed by atoms with Crippen molar-refractivity contribution >= 4 is 0 Å². The molecule has 0 saturated carbocycles. The minimum absolute atomic E-state index is 1.17. The lowest BCUT2D eigenvalue weighted by Gasteiger charge is -2.15. The van der Waals surface area contributed by atoms with Gasteiger partial charge in [0, 0.05) is 12.2 Å². The van der Waals surface area contributed by atoms with Crippen molar-refractivity contribution in [1.29, 1.82) is 0 Å². The third-order valence-corrected chi connectivity index (χ3v) is 1.68. The second-order valence-electron chi connectivity index (χ2n) is 2.52. The molecular formula is C8H15N. The molecule has 1 N–H and O–H groups in total. The molecule has 0 spiro atoms. The molecule has 1 aliphatic heterocycles. The first kappa shape index (κ1) is 6.66. The molecule has 0 aromatic rings. The molecule has 0 bridgehead atoms. The van der Waals surface area contributed by atoms with E-state index in [-0.39, 0.29) is 0 Å². The van der Waals surface area contributed by atoms with Gasteiger partial charge < -0.3 is 5.32 Å². The van der Waals surface area contributed by atoms with Crippen molar-refractivity contribution in [3.05, 3.63) is 11.8 Å². The zero-order valence-electron chi connectivity index (χ0n) is 6.11. The Morgan fingerprint density at radius 2 is 2.44 bits per heavy atom. The van der Waals surface area contributed by atoms with E-state index in [0.717, 1.165) is 0 Å². The summed E-state index contributed by atoms with van der Waals surface area (Å²) >= 11 is 0. The highest BCUT2D eigenvalue weighted by Crippen LogP contribution is 2.09. The van der Waals surface area contributed by atoms with Gasteiger partial charge in [-0.25, -0.2) is 0 Å². The smallest absolute Gasteiger partial charge is 0.0143 e. The summed E-state index contributed by atoms with van der Waals surface area (Å²) in [6, 6.07) is 0. The largest absolute Gasteiger partial charge is 0.389 e. The van der Waals surface area contributed by atoms with Crippen LogP contribution in [0.1, 0.15) is 32.6 Å². The zero-order valence-corrected chi connectivity index (χ0v) is 6.11. The van der Waals surface area contributed by atoms with Crippen LogP contribution < -0.4 is 5.32 Å². The molecule has 9 heavy (non-hydrogen) atoms. The molecule has 0 radical (unpaired) electrons. The number of nitrogens with one attached hydrogen (secondary N) is 1. The highest BCUT2D eigenvalue weighted by Gasteiger charge is 2.01. The normalized spacial score (nSPS) is 23.9. The molecule has 0 atom stereocenters. The van der Waals surface area contributed by atoms with Crippen LogP contribution in [0.4, 0.5) is 0 Å². The van der Waals surface area contributed by atoms with Gasteiger partial charge in [-0.3, -0.25) is 0 Å². The van der Waals surface area contributed by atoms with Gasteiger partial charge in [0.2, 0.25) is 0 Å². The summed E-state index contributed by atoms with van der Waals surface area (Å²) in [5, 5.41) is 3.38. The predicted molar refractivity (Wildman–Crippen MR) is 40.2 cm³/mol. The van der Waals surface area contributed by atoms with Gasteiger partial charge in [-0.05, 0) is 25.7 Å². The summed E-state index contributed by atoms with van der Waals surface area (Å²) in [7, 11) is 0. The zero-order chi connectivity index (χ0) is 6.53. The van der Waals surface area contributed by atoms with E-state index in [2.05, 4.69) is 18.3 Å². The first-order valence-electron chi connectivity index (χ1n) is 3.86. The minimum Gasteiger partial charge on any atom is -0.389 e. The quantitative estimate of drug-likeness (QED) is 0.565. The monoisotopic (exact) mass is 125 g/mol. The first-order valence-corrected chi connectivity index (χ1v) is 3.86. The average Bonchev–Trinajstić information content (AvgIpc) is 1.91. The van der Waals surface area contributed by atoms with Crippen molar-refractivity contribution in [2.75, 3.05) is 6.54 Å². The third-order valence-electron chi connectivity index (χ3n) is 1.68. The van der Waals surface area contributed by atoms with Crippen LogP contribution >= 0.6 is 0 Å². The van der Waals surface area contributed by atoms with Crippen molar-refractivity contribution in [2.24, 2.45) is 0 Å². The van der Waals surface area contributed by atoms with E-state index in [4.69, 9.17) is 0 Å². The first-order chi connectivity index (χ1) is 4.43. The summed E-state index contributed by atoms with van der Waals surface area (Å²) in [4.78, 5) is 0. The summed E-state index contributed by atoms with van der Waals surface area (Å²) in [6.07, 6.45) is 7.45. The highest BCUT2D eigenvalue weighted by atomic mass is 14.9. The molecule has 0 aromatic carbocycles. The Morgan fingerprint density at radius 3 is 3.00 bits per heavy atom. The van der Waals surface area contributed by atoms with Crippen molar-refractivity contribution < 1.29 is 0 Å². The molecule has 1 nitrogen and oxygen atoms in total.